The molecule has 3 aliphatic rings. The maximum Gasteiger partial charge on any atom is 0.338 e. The lowest BCUT2D eigenvalue weighted by Gasteiger charge is -2.28. The Labute approximate surface area is 227 Å². The Morgan fingerprint density at radius 1 is 0.897 bits per heavy atom. The molecule has 3 amide bonds. The molecule has 1 heterocycles. The summed E-state index contributed by atoms with van der Waals surface area (Å²) < 4.78 is 5.19. The van der Waals surface area contributed by atoms with Crippen molar-refractivity contribution in [2.24, 2.45) is 23.7 Å². The first-order chi connectivity index (χ1) is 18.8. The van der Waals surface area contributed by atoms with Gasteiger partial charge in [-0.2, -0.15) is 0 Å². The molecule has 0 radical (unpaired) electrons. The van der Waals surface area contributed by atoms with Gasteiger partial charge in [0.05, 0.1) is 23.1 Å². The van der Waals surface area contributed by atoms with Crippen LogP contribution in [0.15, 0.2) is 72.8 Å². The summed E-state index contributed by atoms with van der Waals surface area (Å²) in [5.41, 5.74) is 4.61. The van der Waals surface area contributed by atoms with E-state index in [4.69, 9.17) is 4.74 Å². The number of carbonyl (C=O) groups is 4. The van der Waals surface area contributed by atoms with Crippen LogP contribution in [0.5, 0.6) is 0 Å². The number of anilines is 2. The molecule has 5 atom stereocenters. The van der Waals surface area contributed by atoms with Crippen LogP contribution in [0.3, 0.4) is 0 Å². The van der Waals surface area contributed by atoms with Gasteiger partial charge in [0, 0.05) is 5.69 Å². The van der Waals surface area contributed by atoms with Gasteiger partial charge in [-0.3, -0.25) is 19.3 Å². The molecule has 3 fully saturated rings. The van der Waals surface area contributed by atoms with Gasteiger partial charge in [0.15, 0.2) is 6.61 Å². The summed E-state index contributed by atoms with van der Waals surface area (Å²) in [6.07, 6.45) is 1.85. The van der Waals surface area contributed by atoms with Crippen LogP contribution in [-0.2, 0) is 19.1 Å². The third-order valence-electron chi connectivity index (χ3n) is 8.59. The van der Waals surface area contributed by atoms with Crippen molar-refractivity contribution in [3.05, 3.63) is 95.1 Å². The predicted molar refractivity (Wildman–Crippen MR) is 146 cm³/mol. The molecule has 3 aromatic carbocycles. The van der Waals surface area contributed by atoms with Crippen molar-refractivity contribution in [2.45, 2.75) is 32.6 Å². The average molecular weight is 523 g/mol. The minimum absolute atomic E-state index is 0.137. The van der Waals surface area contributed by atoms with E-state index in [2.05, 4.69) is 17.4 Å². The SMILES string of the molecule is Cc1ccc(NC(=O)COC(=O)c2ccc(N3C(=O)[C@@H]4[C@@H]5C[C@@H]([C@H]4C3=O)[C@@H](c3ccccc3)C5)cc2)c(C)c1. The van der Waals surface area contributed by atoms with E-state index in [0.29, 0.717) is 17.3 Å². The average Bonchev–Trinajstić information content (AvgIpc) is 3.61. The lowest BCUT2D eigenvalue weighted by atomic mass is 9.73. The lowest BCUT2D eigenvalue weighted by molar-refractivity contribution is -0.123. The highest BCUT2D eigenvalue weighted by Gasteiger charge is 2.64. The molecule has 3 aromatic rings. The number of esters is 1. The second kappa shape index (κ2) is 9.80. The molecule has 7 heteroatoms. The molecule has 1 aliphatic heterocycles. The first-order valence-corrected chi connectivity index (χ1v) is 13.4. The number of rotatable bonds is 6. The van der Waals surface area contributed by atoms with Crippen molar-refractivity contribution in [1.82, 2.24) is 0 Å². The van der Waals surface area contributed by atoms with Crippen molar-refractivity contribution in [3.8, 4) is 0 Å². The molecule has 39 heavy (non-hydrogen) atoms. The van der Waals surface area contributed by atoms with Crippen LogP contribution in [0.1, 0.15) is 45.8 Å². The number of amides is 3. The number of aryl methyl sites for hydroxylation is 2. The highest BCUT2D eigenvalue weighted by atomic mass is 16.5. The summed E-state index contributed by atoms with van der Waals surface area (Å²) in [5.74, 6) is -1.22. The summed E-state index contributed by atoms with van der Waals surface area (Å²) in [5, 5.41) is 2.75. The monoisotopic (exact) mass is 522 g/mol. The molecule has 198 valence electrons. The quantitative estimate of drug-likeness (QED) is 0.362. The Bertz CT molecular complexity index is 1470. The van der Waals surface area contributed by atoms with E-state index in [9.17, 15) is 19.2 Å². The van der Waals surface area contributed by atoms with E-state index in [1.165, 1.54) is 22.6 Å². The minimum atomic E-state index is -0.656. The minimum Gasteiger partial charge on any atom is -0.452 e. The molecule has 2 aliphatic carbocycles. The normalized spacial score (nSPS) is 25.1. The molecule has 2 bridgehead atoms. The number of hydrogen-bond acceptors (Lipinski definition) is 5. The number of nitrogens with one attached hydrogen (secondary N) is 1. The fourth-order valence-electron chi connectivity index (χ4n) is 6.90. The second-order valence-corrected chi connectivity index (χ2v) is 11.0. The van der Waals surface area contributed by atoms with E-state index in [0.717, 1.165) is 24.0 Å². The standard InChI is InChI=1S/C32H30N2O5/c1-18-8-13-26(19(2)14-18)33-27(35)17-39-32(38)21-9-11-23(12-10-21)34-30(36)28-22-15-24(20-6-4-3-5-7-20)25(16-22)29(28)31(34)37/h3-14,22,24-25,28-29H,15-17H2,1-2H3,(H,33,35)/t22-,24+,25+,28+,29+/m0/s1. The van der Waals surface area contributed by atoms with Gasteiger partial charge in [-0.1, -0.05) is 48.0 Å². The zero-order chi connectivity index (χ0) is 27.3. The van der Waals surface area contributed by atoms with Crippen molar-refractivity contribution >= 4 is 35.1 Å². The van der Waals surface area contributed by atoms with Crippen LogP contribution in [0.25, 0.3) is 0 Å². The molecule has 0 aromatic heterocycles. The fraction of sp³-hybridized carbons (Fsp3) is 0.312. The molecule has 0 spiro atoms. The van der Waals surface area contributed by atoms with Crippen LogP contribution in [0.2, 0.25) is 0 Å². The molecule has 6 rings (SSSR count). The van der Waals surface area contributed by atoms with E-state index in [1.807, 2.05) is 50.2 Å². The van der Waals surface area contributed by atoms with Crippen LogP contribution >= 0.6 is 0 Å². The topological polar surface area (TPSA) is 92.8 Å². The molecule has 1 saturated heterocycles. The Morgan fingerprint density at radius 2 is 1.62 bits per heavy atom. The van der Waals surface area contributed by atoms with Gasteiger partial charge in [0.1, 0.15) is 0 Å². The third kappa shape index (κ3) is 4.42. The number of imide groups is 1. The highest BCUT2D eigenvalue weighted by molar-refractivity contribution is 6.22. The van der Waals surface area contributed by atoms with Gasteiger partial charge < -0.3 is 10.1 Å². The summed E-state index contributed by atoms with van der Waals surface area (Å²) in [7, 11) is 0. The zero-order valence-corrected chi connectivity index (χ0v) is 21.9. The Hall–Kier alpha value is -4.26. The number of nitrogens with zero attached hydrogens (tertiary/aromatic N) is 1. The van der Waals surface area contributed by atoms with Gasteiger partial charge in [-0.05, 0) is 85.9 Å². The number of carbonyl (C=O) groups excluding carboxylic acids is 4. The maximum absolute atomic E-state index is 13.5. The fourth-order valence-corrected chi connectivity index (χ4v) is 6.90. The van der Waals surface area contributed by atoms with E-state index >= 15 is 0 Å². The summed E-state index contributed by atoms with van der Waals surface area (Å²) in [4.78, 5) is 53.0. The Balaban J connectivity index is 1.10. The van der Waals surface area contributed by atoms with Gasteiger partial charge in [-0.15, -0.1) is 0 Å². The lowest BCUT2D eigenvalue weighted by Crippen LogP contribution is -2.33. The van der Waals surface area contributed by atoms with Crippen molar-refractivity contribution < 1.29 is 23.9 Å². The molecule has 2 saturated carbocycles. The Kier molecular flexibility index (Phi) is 6.29. The first kappa shape index (κ1) is 25.0. The molecular formula is C32H30N2O5. The predicted octanol–water partition coefficient (Wildman–Crippen LogP) is 5.03. The Morgan fingerprint density at radius 3 is 2.33 bits per heavy atom. The summed E-state index contributed by atoms with van der Waals surface area (Å²) in [6.45, 7) is 3.44. The summed E-state index contributed by atoms with van der Waals surface area (Å²) >= 11 is 0. The maximum atomic E-state index is 13.5. The summed E-state index contributed by atoms with van der Waals surface area (Å²) in [6, 6.07) is 22.2. The van der Waals surface area contributed by atoms with Crippen molar-refractivity contribution in [2.75, 3.05) is 16.8 Å². The van der Waals surface area contributed by atoms with Gasteiger partial charge in [-0.25, -0.2) is 4.79 Å². The van der Waals surface area contributed by atoms with E-state index in [-0.39, 0.29) is 41.0 Å². The highest BCUT2D eigenvalue weighted by Crippen LogP contribution is 2.61. The van der Waals surface area contributed by atoms with Crippen LogP contribution in [0.4, 0.5) is 11.4 Å². The smallest absolute Gasteiger partial charge is 0.338 e. The molecule has 0 unspecified atom stereocenters. The van der Waals surface area contributed by atoms with Crippen LogP contribution in [-0.4, -0.2) is 30.3 Å². The number of benzene rings is 3. The van der Waals surface area contributed by atoms with E-state index in [1.54, 1.807) is 12.1 Å². The number of hydrogen-bond donors (Lipinski definition) is 1. The first-order valence-electron chi connectivity index (χ1n) is 13.4. The number of fused-ring (bicyclic) bond motifs is 5. The van der Waals surface area contributed by atoms with Gasteiger partial charge >= 0.3 is 5.97 Å². The van der Waals surface area contributed by atoms with Crippen molar-refractivity contribution in [1.29, 1.82) is 0 Å². The largest absolute Gasteiger partial charge is 0.452 e. The number of ether oxygens (including phenoxy) is 1. The zero-order valence-electron chi connectivity index (χ0n) is 21.9. The molecule has 7 nitrogen and oxygen atoms in total. The molecule has 1 N–H and O–H groups in total. The second-order valence-electron chi connectivity index (χ2n) is 11.0. The third-order valence-corrected chi connectivity index (χ3v) is 8.59. The van der Waals surface area contributed by atoms with Gasteiger partial charge in [0.25, 0.3) is 5.91 Å². The van der Waals surface area contributed by atoms with Gasteiger partial charge in [0.2, 0.25) is 11.8 Å². The van der Waals surface area contributed by atoms with Crippen LogP contribution < -0.4 is 10.2 Å². The van der Waals surface area contributed by atoms with Crippen molar-refractivity contribution in [3.63, 3.8) is 0 Å². The molecular weight excluding hydrogens is 492 g/mol. The van der Waals surface area contributed by atoms with Crippen LogP contribution in [0, 0.1) is 37.5 Å². The van der Waals surface area contributed by atoms with E-state index < -0.39 is 18.5 Å².